The minimum absolute atomic E-state index is 0.00820. The molecule has 37 heavy (non-hydrogen) atoms. The summed E-state index contributed by atoms with van der Waals surface area (Å²) >= 11 is 0. The maximum absolute atomic E-state index is 13.9. The Bertz CT molecular complexity index is 1350. The largest absolute Gasteiger partial charge is 0.339 e. The van der Waals surface area contributed by atoms with E-state index in [-0.39, 0.29) is 17.2 Å². The van der Waals surface area contributed by atoms with Gasteiger partial charge in [-0.25, -0.2) is 8.42 Å². The number of anilines is 2. The third-order valence-corrected chi connectivity index (χ3v) is 9.70. The number of hydrogen-bond donors (Lipinski definition) is 1. The highest BCUT2D eigenvalue weighted by Crippen LogP contribution is 2.62. The van der Waals surface area contributed by atoms with Gasteiger partial charge in [-0.3, -0.25) is 14.3 Å². The van der Waals surface area contributed by atoms with Crippen LogP contribution >= 0.6 is 0 Å². The van der Waals surface area contributed by atoms with Gasteiger partial charge in [-0.2, -0.15) is 0 Å². The third kappa shape index (κ3) is 4.65. The number of amides is 2. The fraction of sp³-hybridized carbons (Fsp3) is 0.517. The van der Waals surface area contributed by atoms with Crippen molar-refractivity contribution in [1.29, 1.82) is 0 Å². The zero-order valence-corrected chi connectivity index (χ0v) is 22.3. The average molecular weight is 522 g/mol. The van der Waals surface area contributed by atoms with Gasteiger partial charge in [0.15, 0.2) is 0 Å². The van der Waals surface area contributed by atoms with Crippen molar-refractivity contribution < 1.29 is 18.0 Å². The zero-order valence-electron chi connectivity index (χ0n) is 21.5. The number of carbonyl (C=O) groups is 2. The molecule has 6 rings (SSSR count). The van der Waals surface area contributed by atoms with Gasteiger partial charge in [-0.15, -0.1) is 0 Å². The summed E-state index contributed by atoms with van der Waals surface area (Å²) in [6.45, 7) is 2.12. The van der Waals surface area contributed by atoms with Crippen LogP contribution in [0.5, 0.6) is 0 Å². The van der Waals surface area contributed by atoms with Gasteiger partial charge in [0, 0.05) is 47.6 Å². The Labute approximate surface area is 219 Å². The standard InChI is InChI=1S/C29H35N3O4S/c1-37(35,36)30-23-8-9-25-24(19-23)29(14-12-28(10-11-28)13-15-29)20-32(25)27(34)22-7-5-6-21(18-22)26(33)31-16-3-2-4-17-31/h5-9,18-19,30H,2-4,10-17,20H2,1H3. The summed E-state index contributed by atoms with van der Waals surface area (Å²) in [4.78, 5) is 30.8. The molecule has 7 nitrogen and oxygen atoms in total. The Kier molecular flexibility index (Phi) is 5.86. The van der Waals surface area contributed by atoms with E-state index in [2.05, 4.69) is 4.72 Å². The first-order valence-electron chi connectivity index (χ1n) is 13.5. The summed E-state index contributed by atoms with van der Waals surface area (Å²) in [6, 6.07) is 12.7. The van der Waals surface area contributed by atoms with E-state index in [1.54, 1.807) is 30.3 Å². The summed E-state index contributed by atoms with van der Waals surface area (Å²) in [6.07, 6.45) is 11.2. The molecule has 0 aromatic heterocycles. The number of piperidine rings is 1. The average Bonchev–Trinajstić information content (AvgIpc) is 3.59. The fourth-order valence-corrected chi connectivity index (χ4v) is 7.27. The van der Waals surface area contributed by atoms with E-state index in [9.17, 15) is 18.0 Å². The number of nitrogens with one attached hydrogen (secondary N) is 1. The van der Waals surface area contributed by atoms with Crippen LogP contribution in [0, 0.1) is 5.41 Å². The van der Waals surface area contributed by atoms with Gasteiger partial charge in [0.1, 0.15) is 0 Å². The molecule has 2 heterocycles. The van der Waals surface area contributed by atoms with Crippen molar-refractivity contribution in [3.8, 4) is 0 Å². The molecule has 0 atom stereocenters. The Morgan fingerprint density at radius 3 is 2.14 bits per heavy atom. The molecule has 0 unspecified atom stereocenters. The number of fused-ring (bicyclic) bond motifs is 2. The van der Waals surface area contributed by atoms with Crippen LogP contribution < -0.4 is 9.62 Å². The van der Waals surface area contributed by atoms with Gasteiger partial charge in [0.25, 0.3) is 11.8 Å². The second-order valence-electron chi connectivity index (χ2n) is 11.7. The molecule has 0 radical (unpaired) electrons. The number of sulfonamides is 1. The SMILES string of the molecule is CS(=O)(=O)Nc1ccc2c(c1)C1(CCC3(CC3)CC1)CN2C(=O)c1cccc(C(=O)N2CCCCC2)c1. The quantitative estimate of drug-likeness (QED) is 0.618. The minimum Gasteiger partial charge on any atom is -0.339 e. The molecule has 2 aliphatic heterocycles. The van der Waals surface area contributed by atoms with Crippen molar-refractivity contribution in [2.75, 3.05) is 35.5 Å². The van der Waals surface area contributed by atoms with Crippen LogP contribution in [0.3, 0.4) is 0 Å². The summed E-state index contributed by atoms with van der Waals surface area (Å²) in [7, 11) is -3.41. The molecule has 2 saturated carbocycles. The summed E-state index contributed by atoms with van der Waals surface area (Å²) in [5.41, 5.74) is 3.84. The molecule has 2 aromatic rings. The molecule has 2 aromatic carbocycles. The Morgan fingerprint density at radius 1 is 0.838 bits per heavy atom. The smallest absolute Gasteiger partial charge is 0.258 e. The molecule has 2 amide bonds. The lowest BCUT2D eigenvalue weighted by Gasteiger charge is -2.38. The topological polar surface area (TPSA) is 86.8 Å². The summed E-state index contributed by atoms with van der Waals surface area (Å²) in [5, 5.41) is 0. The molecule has 4 aliphatic rings. The fourth-order valence-electron chi connectivity index (χ4n) is 6.71. The molecular weight excluding hydrogens is 486 g/mol. The van der Waals surface area contributed by atoms with Gasteiger partial charge in [-0.05, 0) is 105 Å². The molecule has 196 valence electrons. The van der Waals surface area contributed by atoms with Gasteiger partial charge in [-0.1, -0.05) is 6.07 Å². The Balaban J connectivity index is 1.32. The van der Waals surface area contributed by atoms with Crippen LogP contribution in [-0.2, 0) is 15.4 Å². The van der Waals surface area contributed by atoms with Crippen LogP contribution in [0.1, 0.15) is 84.1 Å². The van der Waals surface area contributed by atoms with Gasteiger partial charge in [0.2, 0.25) is 10.0 Å². The number of benzene rings is 2. The number of rotatable bonds is 4. The number of hydrogen-bond acceptors (Lipinski definition) is 4. The lowest BCUT2D eigenvalue weighted by Crippen LogP contribution is -2.40. The predicted octanol–water partition coefficient (Wildman–Crippen LogP) is 4.94. The first-order valence-corrected chi connectivity index (χ1v) is 15.4. The molecule has 2 aliphatic carbocycles. The van der Waals surface area contributed by atoms with Crippen LogP contribution in [0.25, 0.3) is 0 Å². The normalized spacial score (nSPS) is 21.6. The highest BCUT2D eigenvalue weighted by atomic mass is 32.2. The maximum atomic E-state index is 13.9. The molecule has 1 saturated heterocycles. The van der Waals surface area contributed by atoms with Gasteiger partial charge >= 0.3 is 0 Å². The van der Waals surface area contributed by atoms with E-state index in [0.717, 1.165) is 75.5 Å². The maximum Gasteiger partial charge on any atom is 0.258 e. The highest BCUT2D eigenvalue weighted by Gasteiger charge is 2.53. The van der Waals surface area contributed by atoms with E-state index in [0.29, 0.717) is 28.8 Å². The van der Waals surface area contributed by atoms with Crippen LogP contribution in [-0.4, -0.2) is 51.0 Å². The lowest BCUT2D eigenvalue weighted by atomic mass is 9.66. The number of nitrogens with zero attached hydrogens (tertiary/aromatic N) is 2. The first-order chi connectivity index (χ1) is 17.7. The van der Waals surface area contributed by atoms with Crippen molar-refractivity contribution in [1.82, 2.24) is 4.90 Å². The molecule has 2 spiro atoms. The third-order valence-electron chi connectivity index (χ3n) is 9.09. The second-order valence-corrected chi connectivity index (χ2v) is 13.5. The minimum atomic E-state index is -3.41. The van der Waals surface area contributed by atoms with E-state index in [1.165, 1.54) is 12.8 Å². The van der Waals surface area contributed by atoms with Crippen LogP contribution in [0.4, 0.5) is 11.4 Å². The van der Waals surface area contributed by atoms with Gasteiger partial charge < -0.3 is 9.80 Å². The van der Waals surface area contributed by atoms with Crippen molar-refractivity contribution in [3.63, 3.8) is 0 Å². The monoisotopic (exact) mass is 521 g/mol. The van der Waals surface area contributed by atoms with Crippen molar-refractivity contribution in [3.05, 3.63) is 59.2 Å². The van der Waals surface area contributed by atoms with Gasteiger partial charge in [0.05, 0.1) is 6.26 Å². The van der Waals surface area contributed by atoms with E-state index < -0.39 is 10.0 Å². The summed E-state index contributed by atoms with van der Waals surface area (Å²) in [5.74, 6) is -0.118. The van der Waals surface area contributed by atoms with Crippen LogP contribution in [0.15, 0.2) is 42.5 Å². The van der Waals surface area contributed by atoms with E-state index in [1.807, 2.05) is 21.9 Å². The Morgan fingerprint density at radius 2 is 1.49 bits per heavy atom. The van der Waals surface area contributed by atoms with Crippen molar-refractivity contribution >= 4 is 33.2 Å². The Hall–Kier alpha value is -2.87. The number of carbonyl (C=O) groups excluding carboxylic acids is 2. The second kappa shape index (κ2) is 8.86. The molecule has 1 N–H and O–H groups in total. The summed E-state index contributed by atoms with van der Waals surface area (Å²) < 4.78 is 26.4. The van der Waals surface area contributed by atoms with E-state index >= 15 is 0 Å². The van der Waals surface area contributed by atoms with Crippen LogP contribution in [0.2, 0.25) is 0 Å². The molecule has 8 heteroatoms. The first kappa shape index (κ1) is 24.5. The van der Waals surface area contributed by atoms with Crippen molar-refractivity contribution in [2.24, 2.45) is 5.41 Å². The number of likely N-dealkylation sites (tertiary alicyclic amines) is 1. The molecule has 0 bridgehead atoms. The molecular formula is C29H35N3O4S. The van der Waals surface area contributed by atoms with E-state index in [4.69, 9.17) is 0 Å². The van der Waals surface area contributed by atoms with Crippen molar-refractivity contribution in [2.45, 2.75) is 63.2 Å². The zero-order chi connectivity index (χ0) is 25.8. The predicted molar refractivity (Wildman–Crippen MR) is 145 cm³/mol. The highest BCUT2D eigenvalue weighted by molar-refractivity contribution is 7.92. The molecule has 3 fully saturated rings. The lowest BCUT2D eigenvalue weighted by molar-refractivity contribution is 0.0724.